The molecule has 1 N–H and O–H groups in total. The lowest BCUT2D eigenvalue weighted by Crippen LogP contribution is -2.28. The van der Waals surface area contributed by atoms with Crippen molar-refractivity contribution in [2.24, 2.45) is 11.8 Å². The predicted octanol–water partition coefficient (Wildman–Crippen LogP) is 5.05. The first-order valence-electron chi connectivity index (χ1n) is 9.70. The van der Waals surface area contributed by atoms with E-state index in [1.165, 1.54) is 0 Å². The molecule has 1 aliphatic carbocycles. The summed E-state index contributed by atoms with van der Waals surface area (Å²) in [6.07, 6.45) is 3.51. The first-order valence-corrected chi connectivity index (χ1v) is 10.1. The number of nitrogens with one attached hydrogen (secondary N) is 1. The minimum atomic E-state index is -0.488. The van der Waals surface area contributed by atoms with Crippen LogP contribution >= 0.6 is 11.6 Å². The van der Waals surface area contributed by atoms with Gasteiger partial charge in [0.25, 0.3) is 0 Å². The molecule has 0 aliphatic heterocycles. The molecule has 156 valence electrons. The van der Waals surface area contributed by atoms with E-state index in [9.17, 15) is 9.59 Å². The van der Waals surface area contributed by atoms with Crippen LogP contribution in [0.2, 0.25) is 5.02 Å². The van der Waals surface area contributed by atoms with Gasteiger partial charge in [-0.15, -0.1) is 0 Å². The van der Waals surface area contributed by atoms with Gasteiger partial charge in [-0.1, -0.05) is 11.6 Å². The van der Waals surface area contributed by atoms with Gasteiger partial charge in [-0.25, -0.2) is 9.59 Å². The Morgan fingerprint density at radius 2 is 1.61 bits per heavy atom. The van der Waals surface area contributed by atoms with Crippen LogP contribution in [0.1, 0.15) is 46.5 Å². The standard InChI is InChI=1S/C21H30ClNO5/c1-21(2,3)28-19(24)14-26-12-15-4-6-16(7-5-15)13-27-20(25)23-18-10-8-17(22)9-11-18/h8-11,15-16H,4-7,12-14H2,1-3H3,(H,23,25). The average Bonchev–Trinajstić information content (AvgIpc) is 2.61. The van der Waals surface area contributed by atoms with Crippen molar-refractivity contribution in [1.29, 1.82) is 0 Å². The molecule has 0 spiro atoms. The van der Waals surface area contributed by atoms with Crippen LogP contribution in [0.5, 0.6) is 0 Å². The van der Waals surface area contributed by atoms with E-state index in [2.05, 4.69) is 5.32 Å². The molecule has 7 heteroatoms. The summed E-state index contributed by atoms with van der Waals surface area (Å²) in [6, 6.07) is 6.88. The summed E-state index contributed by atoms with van der Waals surface area (Å²) in [4.78, 5) is 23.5. The number of carbonyl (C=O) groups is 2. The second kappa shape index (κ2) is 10.7. The minimum Gasteiger partial charge on any atom is -0.458 e. The van der Waals surface area contributed by atoms with E-state index in [1.807, 2.05) is 20.8 Å². The van der Waals surface area contributed by atoms with Crippen molar-refractivity contribution in [3.05, 3.63) is 29.3 Å². The zero-order valence-corrected chi connectivity index (χ0v) is 17.6. The number of amides is 1. The highest BCUT2D eigenvalue weighted by atomic mass is 35.5. The van der Waals surface area contributed by atoms with Gasteiger partial charge in [0.15, 0.2) is 0 Å². The van der Waals surface area contributed by atoms with Crippen LogP contribution in [-0.2, 0) is 19.0 Å². The van der Waals surface area contributed by atoms with Crippen molar-refractivity contribution in [3.8, 4) is 0 Å². The third-order valence-corrected chi connectivity index (χ3v) is 4.75. The number of halogens is 1. The summed E-state index contributed by atoms with van der Waals surface area (Å²) in [5.74, 6) is 0.459. The van der Waals surface area contributed by atoms with E-state index >= 15 is 0 Å². The number of esters is 1. The van der Waals surface area contributed by atoms with Gasteiger partial charge in [0.2, 0.25) is 0 Å². The second-order valence-electron chi connectivity index (χ2n) is 8.22. The number of carbonyl (C=O) groups excluding carboxylic acids is 2. The van der Waals surface area contributed by atoms with Crippen LogP contribution in [0.3, 0.4) is 0 Å². The molecule has 0 aromatic heterocycles. The van der Waals surface area contributed by atoms with Gasteiger partial charge in [0.05, 0.1) is 13.2 Å². The van der Waals surface area contributed by atoms with E-state index in [0.717, 1.165) is 25.7 Å². The molecule has 0 atom stereocenters. The third kappa shape index (κ3) is 8.93. The zero-order valence-electron chi connectivity index (χ0n) is 16.8. The molecule has 2 rings (SSSR count). The molecule has 0 heterocycles. The highest BCUT2D eigenvalue weighted by Crippen LogP contribution is 2.29. The normalized spacial score (nSPS) is 19.7. The molecule has 1 aromatic rings. The van der Waals surface area contributed by atoms with Gasteiger partial charge >= 0.3 is 12.1 Å². The molecule has 1 aliphatic rings. The fraction of sp³-hybridized carbons (Fsp3) is 0.619. The van der Waals surface area contributed by atoms with E-state index < -0.39 is 11.7 Å². The fourth-order valence-corrected chi connectivity index (χ4v) is 3.25. The number of rotatable bonds is 7. The highest BCUT2D eigenvalue weighted by Gasteiger charge is 2.23. The summed E-state index contributed by atoms with van der Waals surface area (Å²) in [7, 11) is 0. The Bertz CT molecular complexity index is 633. The van der Waals surface area contributed by atoms with Crippen molar-refractivity contribution < 1.29 is 23.8 Å². The Kier molecular flexibility index (Phi) is 8.58. The topological polar surface area (TPSA) is 73.9 Å². The zero-order chi connectivity index (χ0) is 20.6. The number of benzene rings is 1. The van der Waals surface area contributed by atoms with Crippen LogP contribution in [0, 0.1) is 11.8 Å². The summed E-state index contributed by atoms with van der Waals surface area (Å²) >= 11 is 5.82. The Labute approximate surface area is 171 Å². The quantitative estimate of drug-likeness (QED) is 0.635. The molecule has 6 nitrogen and oxygen atoms in total. The van der Waals surface area contributed by atoms with Crippen LogP contribution in [-0.4, -0.2) is 37.5 Å². The van der Waals surface area contributed by atoms with Crippen LogP contribution in [0.4, 0.5) is 10.5 Å². The molecular weight excluding hydrogens is 382 g/mol. The van der Waals surface area contributed by atoms with Gasteiger partial charge < -0.3 is 14.2 Å². The first-order chi connectivity index (χ1) is 13.2. The van der Waals surface area contributed by atoms with Crippen molar-refractivity contribution in [2.45, 2.75) is 52.1 Å². The summed E-state index contributed by atoms with van der Waals surface area (Å²) in [6.45, 7) is 6.47. The SMILES string of the molecule is CC(C)(C)OC(=O)COCC1CCC(COC(=O)Nc2ccc(Cl)cc2)CC1. The molecule has 0 bridgehead atoms. The van der Waals surface area contributed by atoms with Gasteiger partial charge in [-0.2, -0.15) is 0 Å². The van der Waals surface area contributed by atoms with Gasteiger partial charge in [-0.05, 0) is 82.6 Å². The molecule has 1 fully saturated rings. The average molecular weight is 412 g/mol. The number of hydrogen-bond acceptors (Lipinski definition) is 5. The minimum absolute atomic E-state index is 0.00875. The monoisotopic (exact) mass is 411 g/mol. The Hall–Kier alpha value is -1.79. The Morgan fingerprint density at radius 1 is 1.04 bits per heavy atom. The van der Waals surface area contributed by atoms with Gasteiger partial charge in [-0.3, -0.25) is 5.32 Å². The summed E-state index contributed by atoms with van der Waals surface area (Å²) in [5.41, 5.74) is 0.165. The third-order valence-electron chi connectivity index (χ3n) is 4.50. The first kappa shape index (κ1) is 22.5. The maximum absolute atomic E-state index is 11.9. The molecular formula is C21H30ClNO5. The van der Waals surface area contributed by atoms with E-state index in [-0.39, 0.29) is 12.6 Å². The van der Waals surface area contributed by atoms with Gasteiger partial charge in [0.1, 0.15) is 12.2 Å². The molecule has 1 saturated carbocycles. The van der Waals surface area contributed by atoms with E-state index in [1.54, 1.807) is 24.3 Å². The van der Waals surface area contributed by atoms with Gasteiger partial charge in [0, 0.05) is 10.7 Å². The van der Waals surface area contributed by atoms with E-state index in [0.29, 0.717) is 35.8 Å². The number of hydrogen-bond donors (Lipinski definition) is 1. The van der Waals surface area contributed by atoms with Crippen molar-refractivity contribution in [2.75, 3.05) is 25.1 Å². The predicted molar refractivity (Wildman–Crippen MR) is 109 cm³/mol. The Morgan fingerprint density at radius 3 is 2.18 bits per heavy atom. The number of ether oxygens (including phenoxy) is 3. The van der Waals surface area contributed by atoms with Crippen molar-refractivity contribution >= 4 is 29.4 Å². The van der Waals surface area contributed by atoms with Crippen LogP contribution in [0.15, 0.2) is 24.3 Å². The maximum atomic E-state index is 11.9. The molecule has 0 unspecified atom stereocenters. The van der Waals surface area contributed by atoms with Crippen molar-refractivity contribution in [3.63, 3.8) is 0 Å². The molecule has 28 heavy (non-hydrogen) atoms. The lowest BCUT2D eigenvalue weighted by Gasteiger charge is -2.28. The smallest absolute Gasteiger partial charge is 0.411 e. The largest absolute Gasteiger partial charge is 0.458 e. The van der Waals surface area contributed by atoms with Crippen molar-refractivity contribution in [1.82, 2.24) is 0 Å². The molecule has 1 amide bonds. The molecule has 0 saturated heterocycles. The molecule has 0 radical (unpaired) electrons. The second-order valence-corrected chi connectivity index (χ2v) is 8.66. The maximum Gasteiger partial charge on any atom is 0.411 e. The summed E-state index contributed by atoms with van der Waals surface area (Å²) in [5, 5.41) is 3.30. The lowest BCUT2D eigenvalue weighted by molar-refractivity contribution is -0.160. The summed E-state index contributed by atoms with van der Waals surface area (Å²) < 4.78 is 16.1. The highest BCUT2D eigenvalue weighted by molar-refractivity contribution is 6.30. The van der Waals surface area contributed by atoms with E-state index in [4.69, 9.17) is 25.8 Å². The fourth-order valence-electron chi connectivity index (χ4n) is 3.13. The van der Waals surface area contributed by atoms with Crippen LogP contribution in [0.25, 0.3) is 0 Å². The molecule has 1 aromatic carbocycles. The van der Waals surface area contributed by atoms with Crippen LogP contribution < -0.4 is 5.32 Å². The Balaban J connectivity index is 1.57. The lowest BCUT2D eigenvalue weighted by atomic mass is 9.83. The number of anilines is 1.